The Morgan fingerprint density at radius 3 is 1.04 bits per heavy atom. The van der Waals surface area contributed by atoms with Crippen LogP contribution in [0.25, 0.3) is 0 Å². The zero-order chi connectivity index (χ0) is 19.5. The summed E-state index contributed by atoms with van der Waals surface area (Å²) in [5.74, 6) is 0. The van der Waals surface area contributed by atoms with Crippen LogP contribution in [-0.2, 0) is 17.7 Å². The van der Waals surface area contributed by atoms with Crippen LogP contribution >= 0.6 is 0 Å². The summed E-state index contributed by atoms with van der Waals surface area (Å²) in [5.41, 5.74) is 0.574. The van der Waals surface area contributed by atoms with Gasteiger partial charge in [0.2, 0.25) is 0 Å². The second-order valence-corrected chi connectivity index (χ2v) is 13.0. The lowest BCUT2D eigenvalue weighted by Gasteiger charge is -2.47. The van der Waals surface area contributed by atoms with Crippen LogP contribution in [0.2, 0.25) is 13.1 Å². The Labute approximate surface area is 158 Å². The van der Waals surface area contributed by atoms with Crippen molar-refractivity contribution in [1.29, 1.82) is 0 Å². The van der Waals surface area contributed by atoms with E-state index in [-0.39, 0.29) is 11.3 Å². The average Bonchev–Trinajstić information content (AvgIpc) is 2.55. The molecule has 0 spiro atoms. The smallest absolute Gasteiger partial charge is 0.352 e. The first kappa shape index (κ1) is 25.2. The van der Waals surface area contributed by atoms with Crippen molar-refractivity contribution in [1.82, 2.24) is 4.90 Å². The SMILES string of the molecule is CCO[Si](C)(OCC)C(CC)N(CC)C(CC)[Si](C)(OCC)OCC. The summed E-state index contributed by atoms with van der Waals surface area (Å²) in [6.45, 7) is 23.1. The van der Waals surface area contributed by atoms with E-state index in [1.807, 2.05) is 0 Å². The number of rotatable bonds is 15. The van der Waals surface area contributed by atoms with Crippen molar-refractivity contribution in [2.24, 2.45) is 0 Å². The van der Waals surface area contributed by atoms with Gasteiger partial charge in [-0.2, -0.15) is 0 Å². The molecule has 0 aliphatic rings. The van der Waals surface area contributed by atoms with E-state index < -0.39 is 17.1 Å². The van der Waals surface area contributed by atoms with Gasteiger partial charge in [-0.15, -0.1) is 0 Å². The van der Waals surface area contributed by atoms with E-state index in [1.165, 1.54) is 0 Å². The number of hydrogen-bond acceptors (Lipinski definition) is 5. The highest BCUT2D eigenvalue weighted by molar-refractivity contribution is 6.69. The molecule has 7 heteroatoms. The molecule has 0 aliphatic carbocycles. The number of hydrogen-bond donors (Lipinski definition) is 0. The largest absolute Gasteiger partial charge is 0.394 e. The Morgan fingerprint density at radius 1 is 0.600 bits per heavy atom. The third-order valence-corrected chi connectivity index (χ3v) is 12.2. The van der Waals surface area contributed by atoms with Crippen molar-refractivity contribution in [3.63, 3.8) is 0 Å². The van der Waals surface area contributed by atoms with Crippen LogP contribution < -0.4 is 0 Å². The zero-order valence-electron chi connectivity index (χ0n) is 18.2. The van der Waals surface area contributed by atoms with Crippen LogP contribution in [0.4, 0.5) is 0 Å². The van der Waals surface area contributed by atoms with E-state index in [0.717, 1.165) is 19.4 Å². The van der Waals surface area contributed by atoms with Gasteiger partial charge in [-0.05, 0) is 60.2 Å². The van der Waals surface area contributed by atoms with Gasteiger partial charge in [0, 0.05) is 26.4 Å². The molecular weight excluding hydrogens is 350 g/mol. The molecule has 0 saturated carbocycles. The molecule has 0 N–H and O–H groups in total. The highest BCUT2D eigenvalue weighted by atomic mass is 28.4. The van der Waals surface area contributed by atoms with Crippen molar-refractivity contribution in [2.75, 3.05) is 33.0 Å². The maximum Gasteiger partial charge on any atom is 0.352 e. The molecule has 0 amide bonds. The van der Waals surface area contributed by atoms with Crippen molar-refractivity contribution in [2.45, 2.75) is 85.7 Å². The van der Waals surface area contributed by atoms with Gasteiger partial charge in [0.1, 0.15) is 0 Å². The molecular formula is C18H43NO4Si2. The molecule has 25 heavy (non-hydrogen) atoms. The van der Waals surface area contributed by atoms with Crippen LogP contribution in [0, 0.1) is 0 Å². The molecule has 152 valence electrons. The minimum atomic E-state index is -2.33. The van der Waals surface area contributed by atoms with Gasteiger partial charge in [0.15, 0.2) is 0 Å². The van der Waals surface area contributed by atoms with E-state index in [2.05, 4.69) is 66.5 Å². The minimum Gasteiger partial charge on any atom is -0.394 e. The Kier molecular flexibility index (Phi) is 12.7. The maximum atomic E-state index is 6.24. The first-order valence-electron chi connectivity index (χ1n) is 10.1. The summed E-state index contributed by atoms with van der Waals surface area (Å²) < 4.78 is 25.0. The molecule has 0 aromatic heterocycles. The van der Waals surface area contributed by atoms with Gasteiger partial charge >= 0.3 is 17.1 Å². The lowest BCUT2D eigenvalue weighted by Crippen LogP contribution is -2.67. The summed E-state index contributed by atoms with van der Waals surface area (Å²) in [6, 6.07) is 0. The third kappa shape index (κ3) is 6.72. The summed E-state index contributed by atoms with van der Waals surface area (Å²) in [5, 5.41) is 0. The van der Waals surface area contributed by atoms with E-state index in [1.54, 1.807) is 0 Å². The fourth-order valence-electron chi connectivity index (χ4n) is 4.09. The second-order valence-electron chi connectivity index (χ2n) is 6.44. The van der Waals surface area contributed by atoms with Gasteiger partial charge in [0.25, 0.3) is 0 Å². The van der Waals surface area contributed by atoms with Crippen LogP contribution in [-0.4, -0.2) is 66.3 Å². The van der Waals surface area contributed by atoms with Gasteiger partial charge < -0.3 is 17.7 Å². The number of nitrogens with zero attached hydrogens (tertiary/aromatic N) is 1. The fourth-order valence-corrected chi connectivity index (χ4v) is 10.9. The second kappa shape index (κ2) is 12.6. The van der Waals surface area contributed by atoms with Crippen LogP contribution in [0.3, 0.4) is 0 Å². The fraction of sp³-hybridized carbons (Fsp3) is 1.00. The van der Waals surface area contributed by atoms with E-state index >= 15 is 0 Å². The summed E-state index contributed by atoms with van der Waals surface area (Å²) in [4.78, 5) is 2.56. The molecule has 2 unspecified atom stereocenters. The standard InChI is InChI=1S/C18H43NO4Si2/c1-10-17(24(8,20-13-4)21-14-5)19(12-3)18(11-2)25(9,22-15-6)23-16-7/h17-18H,10-16H2,1-9H3. The summed E-state index contributed by atoms with van der Waals surface area (Å²) >= 11 is 0. The minimum absolute atomic E-state index is 0.287. The van der Waals surface area contributed by atoms with E-state index in [9.17, 15) is 0 Å². The molecule has 0 heterocycles. The molecule has 0 saturated heterocycles. The normalized spacial score (nSPS) is 15.6. The Bertz CT molecular complexity index is 305. The van der Waals surface area contributed by atoms with Crippen LogP contribution in [0.5, 0.6) is 0 Å². The van der Waals surface area contributed by atoms with Gasteiger partial charge in [0.05, 0.1) is 11.3 Å². The van der Waals surface area contributed by atoms with Gasteiger partial charge in [-0.25, -0.2) is 0 Å². The predicted molar refractivity (Wildman–Crippen MR) is 110 cm³/mol. The topological polar surface area (TPSA) is 40.2 Å². The van der Waals surface area contributed by atoms with E-state index in [0.29, 0.717) is 26.4 Å². The molecule has 0 aliphatic heterocycles. The zero-order valence-corrected chi connectivity index (χ0v) is 20.2. The Balaban J connectivity index is 5.83. The van der Waals surface area contributed by atoms with Gasteiger partial charge in [-0.1, -0.05) is 20.8 Å². The quantitative estimate of drug-likeness (QED) is 0.389. The average molecular weight is 394 g/mol. The van der Waals surface area contributed by atoms with Crippen molar-refractivity contribution < 1.29 is 17.7 Å². The molecule has 0 radical (unpaired) electrons. The monoisotopic (exact) mass is 393 g/mol. The lowest BCUT2D eigenvalue weighted by molar-refractivity contribution is 0.0915. The van der Waals surface area contributed by atoms with Gasteiger partial charge in [-0.3, -0.25) is 4.90 Å². The Hall–Kier alpha value is 0.234. The lowest BCUT2D eigenvalue weighted by atomic mass is 10.3. The first-order chi connectivity index (χ1) is 11.8. The van der Waals surface area contributed by atoms with Crippen molar-refractivity contribution in [3.05, 3.63) is 0 Å². The van der Waals surface area contributed by atoms with E-state index in [4.69, 9.17) is 17.7 Å². The summed E-state index contributed by atoms with van der Waals surface area (Å²) in [6.07, 6.45) is 2.02. The molecule has 2 atom stereocenters. The highest BCUT2D eigenvalue weighted by Gasteiger charge is 2.50. The van der Waals surface area contributed by atoms with Crippen LogP contribution in [0.1, 0.15) is 61.3 Å². The molecule has 0 aromatic rings. The van der Waals surface area contributed by atoms with Crippen LogP contribution in [0.15, 0.2) is 0 Å². The molecule has 0 fully saturated rings. The third-order valence-electron chi connectivity index (χ3n) is 4.87. The molecule has 0 aromatic carbocycles. The maximum absolute atomic E-state index is 6.24. The van der Waals surface area contributed by atoms with Crippen molar-refractivity contribution >= 4 is 17.1 Å². The molecule has 0 bridgehead atoms. The highest BCUT2D eigenvalue weighted by Crippen LogP contribution is 2.29. The molecule has 5 nitrogen and oxygen atoms in total. The molecule has 0 rings (SSSR count). The summed E-state index contributed by atoms with van der Waals surface area (Å²) in [7, 11) is -4.66. The Morgan fingerprint density at radius 2 is 0.880 bits per heavy atom. The van der Waals surface area contributed by atoms with Crippen molar-refractivity contribution in [3.8, 4) is 0 Å². The first-order valence-corrected chi connectivity index (χ1v) is 14.9. The predicted octanol–water partition coefficient (Wildman–Crippen LogP) is 4.23.